The predicted molar refractivity (Wildman–Crippen MR) is 98.3 cm³/mol. The third-order valence-corrected chi connectivity index (χ3v) is 4.81. The number of amides is 2. The second-order valence-corrected chi connectivity index (χ2v) is 6.96. The standard InChI is InChI=1S/C20H27FN2O4/c1-3-27-19(26)20(13-16-5-7-17(21)8-6-16)10-4-12-23(14-20)18(25)9-11-22-15(2)24/h5-8H,3-4,9-14H2,1-2H3,(H,22,24)/t20-/m1/s1. The third kappa shape index (κ3) is 5.77. The number of halogens is 1. The summed E-state index contributed by atoms with van der Waals surface area (Å²) >= 11 is 0. The van der Waals surface area contributed by atoms with Crippen LogP contribution in [-0.4, -0.2) is 48.9 Å². The minimum absolute atomic E-state index is 0.101. The molecule has 6 nitrogen and oxygen atoms in total. The zero-order valence-corrected chi connectivity index (χ0v) is 15.9. The molecule has 1 fully saturated rings. The Bertz CT molecular complexity index is 677. The van der Waals surface area contributed by atoms with Crippen LogP contribution in [0.2, 0.25) is 0 Å². The number of carbonyl (C=O) groups is 3. The maximum atomic E-state index is 13.2. The minimum atomic E-state index is -0.838. The van der Waals surface area contributed by atoms with Gasteiger partial charge in [0.2, 0.25) is 11.8 Å². The number of benzene rings is 1. The fourth-order valence-electron chi connectivity index (χ4n) is 3.51. The maximum absolute atomic E-state index is 13.2. The summed E-state index contributed by atoms with van der Waals surface area (Å²) in [6.45, 7) is 4.53. The van der Waals surface area contributed by atoms with Gasteiger partial charge in [0.15, 0.2) is 0 Å². The number of piperidine rings is 1. The van der Waals surface area contributed by atoms with Crippen molar-refractivity contribution in [2.75, 3.05) is 26.2 Å². The summed E-state index contributed by atoms with van der Waals surface area (Å²) in [7, 11) is 0. The van der Waals surface area contributed by atoms with Gasteiger partial charge in [-0.3, -0.25) is 14.4 Å². The Kier molecular flexibility index (Phi) is 7.33. The van der Waals surface area contributed by atoms with Gasteiger partial charge in [0.25, 0.3) is 0 Å². The molecule has 1 aliphatic rings. The Morgan fingerprint density at radius 3 is 2.59 bits per heavy atom. The van der Waals surface area contributed by atoms with Gasteiger partial charge in [-0.1, -0.05) is 12.1 Å². The SMILES string of the molecule is CCOC(=O)[C@@]1(Cc2ccc(F)cc2)CCCN(C(=O)CCNC(C)=O)C1. The van der Waals surface area contributed by atoms with Crippen molar-refractivity contribution in [1.82, 2.24) is 10.2 Å². The topological polar surface area (TPSA) is 75.7 Å². The molecule has 1 saturated heterocycles. The number of hydrogen-bond donors (Lipinski definition) is 1. The van der Waals surface area contributed by atoms with Crippen LogP contribution in [0.15, 0.2) is 24.3 Å². The minimum Gasteiger partial charge on any atom is -0.466 e. The van der Waals surface area contributed by atoms with E-state index in [2.05, 4.69) is 5.32 Å². The first-order valence-electron chi connectivity index (χ1n) is 9.30. The largest absolute Gasteiger partial charge is 0.466 e. The summed E-state index contributed by atoms with van der Waals surface area (Å²) in [5, 5.41) is 2.61. The summed E-state index contributed by atoms with van der Waals surface area (Å²) in [5.74, 6) is -0.939. The highest BCUT2D eigenvalue weighted by molar-refractivity contribution is 5.81. The number of likely N-dealkylation sites (tertiary alicyclic amines) is 1. The Hall–Kier alpha value is -2.44. The van der Waals surface area contributed by atoms with Crippen molar-refractivity contribution in [3.8, 4) is 0 Å². The zero-order chi connectivity index (χ0) is 19.9. The van der Waals surface area contributed by atoms with E-state index in [1.165, 1.54) is 19.1 Å². The molecule has 0 saturated carbocycles. The normalized spacial score (nSPS) is 19.4. The van der Waals surface area contributed by atoms with Gasteiger partial charge in [-0.25, -0.2) is 4.39 Å². The maximum Gasteiger partial charge on any atom is 0.314 e. The van der Waals surface area contributed by atoms with E-state index in [0.29, 0.717) is 25.8 Å². The zero-order valence-electron chi connectivity index (χ0n) is 15.9. The lowest BCUT2D eigenvalue weighted by Crippen LogP contribution is -2.52. The summed E-state index contributed by atoms with van der Waals surface area (Å²) in [5.41, 5.74) is -0.00699. The third-order valence-electron chi connectivity index (χ3n) is 4.81. The summed E-state index contributed by atoms with van der Waals surface area (Å²) in [6, 6.07) is 6.06. The van der Waals surface area contributed by atoms with E-state index >= 15 is 0 Å². The second-order valence-electron chi connectivity index (χ2n) is 6.96. The number of ether oxygens (including phenoxy) is 1. The number of carbonyl (C=O) groups excluding carboxylic acids is 3. The fourth-order valence-corrected chi connectivity index (χ4v) is 3.51. The van der Waals surface area contributed by atoms with E-state index in [0.717, 1.165) is 5.56 Å². The molecule has 0 spiro atoms. The lowest BCUT2D eigenvalue weighted by molar-refractivity contribution is -0.160. The Morgan fingerprint density at radius 1 is 1.26 bits per heavy atom. The van der Waals surface area contributed by atoms with Gasteiger partial charge in [0.1, 0.15) is 5.82 Å². The van der Waals surface area contributed by atoms with Crippen molar-refractivity contribution in [2.24, 2.45) is 5.41 Å². The Balaban J connectivity index is 2.14. The molecule has 1 N–H and O–H groups in total. The summed E-state index contributed by atoms with van der Waals surface area (Å²) < 4.78 is 18.5. The molecular weight excluding hydrogens is 351 g/mol. The molecule has 148 valence electrons. The highest BCUT2D eigenvalue weighted by Gasteiger charge is 2.44. The van der Waals surface area contributed by atoms with E-state index in [4.69, 9.17) is 4.74 Å². The van der Waals surface area contributed by atoms with Crippen molar-refractivity contribution in [2.45, 2.75) is 39.5 Å². The lowest BCUT2D eigenvalue weighted by Gasteiger charge is -2.41. The summed E-state index contributed by atoms with van der Waals surface area (Å²) in [4.78, 5) is 37.9. The van der Waals surface area contributed by atoms with Crippen LogP contribution in [-0.2, 0) is 25.5 Å². The van der Waals surface area contributed by atoms with Crippen LogP contribution in [0, 0.1) is 11.2 Å². The molecule has 1 heterocycles. The van der Waals surface area contributed by atoms with Crippen LogP contribution in [0.4, 0.5) is 4.39 Å². The molecule has 2 rings (SSSR count). The van der Waals surface area contributed by atoms with Crippen LogP contribution in [0.5, 0.6) is 0 Å². The van der Waals surface area contributed by atoms with Crippen molar-refractivity contribution < 1.29 is 23.5 Å². The molecule has 1 aromatic carbocycles. The molecule has 7 heteroatoms. The molecule has 1 atom stereocenters. The predicted octanol–water partition coefficient (Wildman–Crippen LogP) is 2.07. The van der Waals surface area contributed by atoms with Crippen LogP contribution in [0.25, 0.3) is 0 Å². The van der Waals surface area contributed by atoms with E-state index in [1.807, 2.05) is 0 Å². The van der Waals surface area contributed by atoms with E-state index in [9.17, 15) is 18.8 Å². The molecule has 0 aromatic heterocycles. The van der Waals surface area contributed by atoms with Gasteiger partial charge >= 0.3 is 5.97 Å². The number of rotatable bonds is 7. The Morgan fingerprint density at radius 2 is 1.96 bits per heavy atom. The first kappa shape index (κ1) is 20.9. The average molecular weight is 378 g/mol. The van der Waals surface area contributed by atoms with Gasteiger partial charge < -0.3 is 15.0 Å². The molecule has 0 radical (unpaired) electrons. The van der Waals surface area contributed by atoms with Crippen LogP contribution in [0.1, 0.15) is 38.7 Å². The van der Waals surface area contributed by atoms with Gasteiger partial charge in [0.05, 0.1) is 12.0 Å². The van der Waals surface area contributed by atoms with Crippen molar-refractivity contribution in [1.29, 1.82) is 0 Å². The van der Waals surface area contributed by atoms with Crippen LogP contribution in [0.3, 0.4) is 0 Å². The van der Waals surface area contributed by atoms with Gasteiger partial charge in [-0.05, 0) is 43.9 Å². The Labute approximate surface area is 159 Å². The van der Waals surface area contributed by atoms with Gasteiger partial charge in [-0.15, -0.1) is 0 Å². The summed E-state index contributed by atoms with van der Waals surface area (Å²) in [6.07, 6.45) is 1.88. The molecular formula is C20H27FN2O4. The first-order chi connectivity index (χ1) is 12.9. The smallest absolute Gasteiger partial charge is 0.314 e. The van der Waals surface area contributed by atoms with Crippen molar-refractivity contribution >= 4 is 17.8 Å². The van der Waals surface area contributed by atoms with Gasteiger partial charge in [0, 0.05) is 33.0 Å². The van der Waals surface area contributed by atoms with E-state index in [1.54, 1.807) is 24.0 Å². The molecule has 0 aliphatic carbocycles. The first-order valence-corrected chi connectivity index (χ1v) is 9.30. The molecule has 27 heavy (non-hydrogen) atoms. The molecule has 1 aliphatic heterocycles. The molecule has 0 unspecified atom stereocenters. The number of nitrogens with one attached hydrogen (secondary N) is 1. The average Bonchev–Trinajstić information content (AvgIpc) is 2.63. The van der Waals surface area contributed by atoms with E-state index in [-0.39, 0.29) is 49.7 Å². The molecule has 1 aromatic rings. The highest BCUT2D eigenvalue weighted by Crippen LogP contribution is 2.35. The number of esters is 1. The fraction of sp³-hybridized carbons (Fsp3) is 0.550. The number of hydrogen-bond acceptors (Lipinski definition) is 4. The van der Waals surface area contributed by atoms with Crippen LogP contribution >= 0.6 is 0 Å². The van der Waals surface area contributed by atoms with Crippen molar-refractivity contribution in [3.05, 3.63) is 35.6 Å². The van der Waals surface area contributed by atoms with E-state index < -0.39 is 5.41 Å². The monoisotopic (exact) mass is 378 g/mol. The second kappa shape index (κ2) is 9.48. The lowest BCUT2D eigenvalue weighted by atomic mass is 9.75. The highest BCUT2D eigenvalue weighted by atomic mass is 19.1. The van der Waals surface area contributed by atoms with Gasteiger partial charge in [-0.2, -0.15) is 0 Å². The molecule has 0 bridgehead atoms. The van der Waals surface area contributed by atoms with Crippen LogP contribution < -0.4 is 5.32 Å². The van der Waals surface area contributed by atoms with Crippen molar-refractivity contribution in [3.63, 3.8) is 0 Å². The quantitative estimate of drug-likeness (QED) is 0.737. The molecule has 2 amide bonds. The number of nitrogens with zero attached hydrogens (tertiary/aromatic N) is 1.